The van der Waals surface area contributed by atoms with E-state index in [0.717, 1.165) is 79.1 Å². The zero-order valence-corrected chi connectivity index (χ0v) is 24.5. The third kappa shape index (κ3) is 4.60. The number of anilines is 2. The second kappa shape index (κ2) is 10.1. The van der Waals surface area contributed by atoms with Crippen LogP contribution in [0.15, 0.2) is 55.1 Å². The predicted octanol–water partition coefficient (Wildman–Crippen LogP) is 5.17. The summed E-state index contributed by atoms with van der Waals surface area (Å²) in [5, 5.41) is 14.3. The molecule has 9 rings (SSSR count). The van der Waals surface area contributed by atoms with Crippen LogP contribution in [0.2, 0.25) is 0 Å². The zero-order chi connectivity index (χ0) is 28.4. The highest BCUT2D eigenvalue weighted by Crippen LogP contribution is 2.38. The number of nitriles is 1. The van der Waals surface area contributed by atoms with Crippen LogP contribution in [-0.2, 0) is 13.0 Å². The van der Waals surface area contributed by atoms with Gasteiger partial charge in [-0.25, -0.2) is 9.50 Å². The first-order valence-corrected chi connectivity index (χ1v) is 15.6. The van der Waals surface area contributed by atoms with Crippen LogP contribution >= 0.6 is 0 Å². The quantitative estimate of drug-likeness (QED) is 0.295. The molecule has 0 N–H and O–H groups in total. The van der Waals surface area contributed by atoms with Crippen LogP contribution in [0.25, 0.3) is 16.6 Å². The van der Waals surface area contributed by atoms with Gasteiger partial charge >= 0.3 is 0 Å². The minimum absolute atomic E-state index is 0.559. The van der Waals surface area contributed by atoms with Crippen molar-refractivity contribution in [1.29, 1.82) is 5.26 Å². The molecule has 42 heavy (non-hydrogen) atoms. The van der Waals surface area contributed by atoms with Crippen molar-refractivity contribution in [2.75, 3.05) is 36.0 Å². The van der Waals surface area contributed by atoms with Crippen LogP contribution in [0, 0.1) is 29.1 Å². The molecule has 1 saturated carbocycles. The van der Waals surface area contributed by atoms with E-state index in [1.165, 1.54) is 30.5 Å². The maximum Gasteiger partial charge on any atom is 0.128 e. The van der Waals surface area contributed by atoms with Crippen molar-refractivity contribution in [3.63, 3.8) is 0 Å². The van der Waals surface area contributed by atoms with E-state index in [9.17, 15) is 5.26 Å². The lowest BCUT2D eigenvalue weighted by atomic mass is 9.87. The van der Waals surface area contributed by atoms with Crippen molar-refractivity contribution in [2.45, 2.75) is 58.2 Å². The summed E-state index contributed by atoms with van der Waals surface area (Å²) in [7, 11) is 0. The molecule has 0 amide bonds. The number of rotatable bonds is 8. The summed E-state index contributed by atoms with van der Waals surface area (Å²) < 4.78 is 1.86. The molecule has 8 heteroatoms. The fourth-order valence-electron chi connectivity index (χ4n) is 7.09. The summed E-state index contributed by atoms with van der Waals surface area (Å²) in [6, 6.07) is 14.5. The van der Waals surface area contributed by atoms with Crippen LogP contribution in [0.5, 0.6) is 0 Å². The monoisotopic (exact) mass is 558 g/mol. The van der Waals surface area contributed by atoms with Crippen LogP contribution in [0.3, 0.4) is 0 Å². The maximum atomic E-state index is 9.79. The number of piperazine rings is 1. The molecule has 4 aromatic heterocycles. The Morgan fingerprint density at radius 1 is 0.952 bits per heavy atom. The lowest BCUT2D eigenvalue weighted by molar-refractivity contribution is -0.00876. The van der Waals surface area contributed by atoms with Gasteiger partial charge in [-0.2, -0.15) is 10.4 Å². The number of piperidine rings is 1. The summed E-state index contributed by atoms with van der Waals surface area (Å²) in [5.41, 5.74) is 7.19. The molecule has 0 radical (unpaired) electrons. The van der Waals surface area contributed by atoms with E-state index < -0.39 is 0 Å². The molecule has 8 heterocycles. The predicted molar refractivity (Wildman–Crippen MR) is 164 cm³/mol. The number of pyridine rings is 3. The first-order valence-electron chi connectivity index (χ1n) is 15.6. The van der Waals surface area contributed by atoms with E-state index in [0.29, 0.717) is 23.6 Å². The SMILES string of the molecule is CC(C)C1CN(c2cc(-c3ccc(N4CC5CC(C4)N5Cc4ccc(CC5CC5)nc4)nc3)c3c(C#N)cnn3c2)C1. The van der Waals surface area contributed by atoms with E-state index in [1.807, 2.05) is 10.7 Å². The molecule has 2 bridgehead atoms. The van der Waals surface area contributed by atoms with E-state index in [-0.39, 0.29) is 0 Å². The standard InChI is InChI=1S/C34H38N8/c1-22(2)27-17-39(18-27)29-11-32(34-26(12-35)15-38-42(34)21-29)25-6-8-33(37-14-25)40-19-30-10-31(20-40)41(30)16-24-5-7-28(36-13-24)9-23-3-4-23/h5-8,11,13-15,21-23,27,30-31H,3-4,9-10,16-20H2,1-2H3. The summed E-state index contributed by atoms with van der Waals surface area (Å²) >= 11 is 0. The molecule has 0 spiro atoms. The Morgan fingerprint density at radius 2 is 1.79 bits per heavy atom. The highest BCUT2D eigenvalue weighted by molar-refractivity contribution is 5.86. The summed E-state index contributed by atoms with van der Waals surface area (Å²) in [6.45, 7) is 9.70. The Hall–Kier alpha value is -3.96. The van der Waals surface area contributed by atoms with E-state index in [2.05, 4.69) is 82.4 Å². The molecule has 4 aliphatic heterocycles. The fourth-order valence-corrected chi connectivity index (χ4v) is 7.09. The Morgan fingerprint density at radius 3 is 2.45 bits per heavy atom. The molecule has 1 aliphatic carbocycles. The third-order valence-electron chi connectivity index (χ3n) is 10.1. The minimum atomic E-state index is 0.559. The topological polar surface area (TPSA) is 76.6 Å². The van der Waals surface area contributed by atoms with Gasteiger partial charge in [0.2, 0.25) is 0 Å². The van der Waals surface area contributed by atoms with Gasteiger partial charge in [0.15, 0.2) is 0 Å². The highest BCUT2D eigenvalue weighted by Gasteiger charge is 2.44. The van der Waals surface area contributed by atoms with Gasteiger partial charge in [0, 0.05) is 74.0 Å². The largest absolute Gasteiger partial charge is 0.370 e. The molecule has 4 aromatic rings. The molecular weight excluding hydrogens is 520 g/mol. The van der Waals surface area contributed by atoms with Crippen molar-refractivity contribution in [3.8, 4) is 17.2 Å². The molecule has 2 atom stereocenters. The van der Waals surface area contributed by atoms with Crippen molar-refractivity contribution in [1.82, 2.24) is 24.5 Å². The Labute approximate surface area is 247 Å². The van der Waals surface area contributed by atoms with Crippen LogP contribution in [0.1, 0.15) is 49.9 Å². The Kier molecular flexibility index (Phi) is 6.18. The van der Waals surface area contributed by atoms with Gasteiger partial charge < -0.3 is 9.80 Å². The molecule has 214 valence electrons. The van der Waals surface area contributed by atoms with Crippen molar-refractivity contribution in [3.05, 3.63) is 71.9 Å². The van der Waals surface area contributed by atoms with Gasteiger partial charge in [-0.05, 0) is 73.3 Å². The van der Waals surface area contributed by atoms with Crippen LogP contribution in [-0.4, -0.2) is 62.7 Å². The van der Waals surface area contributed by atoms with Crippen molar-refractivity contribution in [2.24, 2.45) is 17.8 Å². The molecule has 2 unspecified atom stereocenters. The average Bonchev–Trinajstić information content (AvgIpc) is 3.71. The number of fused-ring (bicyclic) bond motifs is 3. The third-order valence-corrected chi connectivity index (χ3v) is 10.1. The van der Waals surface area contributed by atoms with Crippen LogP contribution < -0.4 is 9.80 Å². The van der Waals surface area contributed by atoms with E-state index in [1.54, 1.807) is 6.20 Å². The fraction of sp³-hybridized carbons (Fsp3) is 0.471. The minimum Gasteiger partial charge on any atom is -0.370 e. The molecular formula is C34H38N8. The molecule has 5 aliphatic rings. The lowest BCUT2D eigenvalue weighted by Gasteiger charge is -2.56. The number of nitrogens with zero attached hydrogens (tertiary/aromatic N) is 8. The van der Waals surface area contributed by atoms with Crippen molar-refractivity contribution >= 4 is 17.0 Å². The van der Waals surface area contributed by atoms with Gasteiger partial charge in [0.25, 0.3) is 0 Å². The zero-order valence-electron chi connectivity index (χ0n) is 24.5. The normalized spacial score (nSPS) is 22.3. The average molecular weight is 559 g/mol. The summed E-state index contributed by atoms with van der Waals surface area (Å²) in [5.74, 6) is 3.31. The number of hydrogen-bond acceptors (Lipinski definition) is 7. The maximum absolute atomic E-state index is 9.79. The summed E-state index contributed by atoms with van der Waals surface area (Å²) in [6.07, 6.45) is 12.9. The van der Waals surface area contributed by atoms with Gasteiger partial charge in [-0.15, -0.1) is 0 Å². The smallest absolute Gasteiger partial charge is 0.128 e. The second-order valence-corrected chi connectivity index (χ2v) is 13.3. The molecule has 0 aromatic carbocycles. The first kappa shape index (κ1) is 25.7. The number of aromatic nitrogens is 4. The molecule has 5 fully saturated rings. The van der Waals surface area contributed by atoms with Crippen LogP contribution in [0.4, 0.5) is 11.5 Å². The van der Waals surface area contributed by atoms with Gasteiger partial charge in [0.1, 0.15) is 11.9 Å². The van der Waals surface area contributed by atoms with E-state index >= 15 is 0 Å². The Bertz CT molecular complexity index is 1630. The van der Waals surface area contributed by atoms with Gasteiger partial charge in [-0.1, -0.05) is 19.9 Å². The first-order chi connectivity index (χ1) is 20.5. The van der Waals surface area contributed by atoms with E-state index in [4.69, 9.17) is 9.97 Å². The van der Waals surface area contributed by atoms with Gasteiger partial charge in [0.05, 0.1) is 29.2 Å². The lowest BCUT2D eigenvalue weighted by Crippen LogP contribution is -2.68. The van der Waals surface area contributed by atoms with Gasteiger partial charge in [-0.3, -0.25) is 9.88 Å². The second-order valence-electron chi connectivity index (χ2n) is 13.3. The number of hydrogen-bond donors (Lipinski definition) is 0. The Balaban J connectivity index is 0.973. The van der Waals surface area contributed by atoms with Crippen molar-refractivity contribution < 1.29 is 0 Å². The highest BCUT2D eigenvalue weighted by atomic mass is 15.4. The molecule has 4 saturated heterocycles. The molecule has 8 nitrogen and oxygen atoms in total. The summed E-state index contributed by atoms with van der Waals surface area (Å²) in [4.78, 5) is 17.2.